The van der Waals surface area contributed by atoms with Crippen LogP contribution in [0, 0.1) is 11.7 Å². The van der Waals surface area contributed by atoms with E-state index in [1.54, 1.807) is 17.0 Å². The fourth-order valence-corrected chi connectivity index (χ4v) is 4.11. The van der Waals surface area contributed by atoms with Gasteiger partial charge >= 0.3 is 0 Å². The van der Waals surface area contributed by atoms with Gasteiger partial charge in [-0.2, -0.15) is 0 Å². The van der Waals surface area contributed by atoms with E-state index in [0.717, 1.165) is 11.1 Å². The fraction of sp³-hybridized carbons (Fsp3) is 0.200. The number of anilines is 1. The molecular weight excluding hydrogens is 452 g/mol. The largest absolute Gasteiger partial charge is 0.489 e. The van der Waals surface area contributed by atoms with E-state index < -0.39 is 5.24 Å². The van der Waals surface area contributed by atoms with Crippen LogP contribution < -0.4 is 9.64 Å². The molecule has 1 fully saturated rings. The van der Waals surface area contributed by atoms with Crippen LogP contribution in [0.15, 0.2) is 72.8 Å². The number of amides is 1. The molecule has 0 radical (unpaired) electrons. The highest BCUT2D eigenvalue weighted by molar-refractivity contribution is 6.63. The zero-order chi connectivity index (χ0) is 22.7. The van der Waals surface area contributed by atoms with Crippen LogP contribution in [0.3, 0.4) is 0 Å². The summed E-state index contributed by atoms with van der Waals surface area (Å²) < 4.78 is 19.2. The number of hydrogen-bond acceptors (Lipinski definition) is 3. The lowest BCUT2D eigenvalue weighted by Gasteiger charge is -2.47. The molecule has 2 atom stereocenters. The second-order valence-electron chi connectivity index (χ2n) is 7.61. The average molecular weight is 472 g/mol. The summed E-state index contributed by atoms with van der Waals surface area (Å²) in [7, 11) is 0. The highest BCUT2D eigenvalue weighted by atomic mass is 35.5. The summed E-state index contributed by atoms with van der Waals surface area (Å²) in [6.45, 7) is 0.403. The van der Waals surface area contributed by atoms with Crippen molar-refractivity contribution in [2.45, 2.75) is 25.5 Å². The molecular formula is C25H20Cl2FNO3. The van der Waals surface area contributed by atoms with Gasteiger partial charge < -0.3 is 9.64 Å². The van der Waals surface area contributed by atoms with E-state index in [-0.39, 0.29) is 30.1 Å². The van der Waals surface area contributed by atoms with Crippen molar-refractivity contribution in [1.29, 1.82) is 0 Å². The average Bonchev–Trinajstić information content (AvgIpc) is 2.78. The van der Waals surface area contributed by atoms with Crippen molar-refractivity contribution < 1.29 is 18.7 Å². The molecule has 1 aliphatic rings. The van der Waals surface area contributed by atoms with Crippen LogP contribution in [0.25, 0.3) is 0 Å². The molecule has 7 heteroatoms. The van der Waals surface area contributed by atoms with Crippen molar-refractivity contribution in [1.82, 2.24) is 0 Å². The Morgan fingerprint density at radius 1 is 0.969 bits per heavy atom. The lowest BCUT2D eigenvalue weighted by Crippen LogP contribution is -2.55. The van der Waals surface area contributed by atoms with Gasteiger partial charge in [-0.3, -0.25) is 9.59 Å². The lowest BCUT2D eigenvalue weighted by molar-refractivity contribution is -0.131. The Balaban J connectivity index is 1.51. The minimum atomic E-state index is -0.470. The van der Waals surface area contributed by atoms with E-state index in [2.05, 4.69) is 0 Å². The Hall–Kier alpha value is -2.89. The quantitative estimate of drug-likeness (QED) is 0.285. The molecule has 2 unspecified atom stereocenters. The maximum Gasteiger partial charge on any atom is 0.233 e. The van der Waals surface area contributed by atoms with Crippen LogP contribution in [0.1, 0.15) is 30.0 Å². The van der Waals surface area contributed by atoms with Crippen molar-refractivity contribution in [3.05, 3.63) is 94.8 Å². The Morgan fingerprint density at radius 2 is 1.62 bits per heavy atom. The third-order valence-electron chi connectivity index (χ3n) is 5.51. The second kappa shape index (κ2) is 9.72. The molecule has 0 spiro atoms. The number of ether oxygens (including phenoxy) is 1. The summed E-state index contributed by atoms with van der Waals surface area (Å²) in [6, 6.07) is 20.5. The first-order chi connectivity index (χ1) is 15.4. The summed E-state index contributed by atoms with van der Waals surface area (Å²) in [6.07, 6.45) is 0.479. The van der Waals surface area contributed by atoms with Crippen molar-refractivity contribution in [2.75, 3.05) is 4.90 Å². The Morgan fingerprint density at radius 3 is 2.25 bits per heavy atom. The second-order valence-corrected chi connectivity index (χ2v) is 8.47. The first kappa shape index (κ1) is 22.3. The Kier molecular flexibility index (Phi) is 6.77. The molecule has 0 aliphatic carbocycles. The van der Waals surface area contributed by atoms with Crippen LogP contribution >= 0.6 is 23.2 Å². The van der Waals surface area contributed by atoms with Crippen LogP contribution in [0.4, 0.5) is 10.1 Å². The topological polar surface area (TPSA) is 46.6 Å². The van der Waals surface area contributed by atoms with Gasteiger partial charge in [-0.05, 0) is 77.7 Å². The standard InChI is InChI=1S/C25H20Cl2FNO3/c26-18-5-1-16(2-6-18)15-32-21-11-3-17(4-12-21)24-22(13-14-23(27)30)25(31)29(24)20-9-7-19(28)8-10-20/h1-12,22,24H,13-15H2. The number of rotatable bonds is 8. The fourth-order valence-electron chi connectivity index (χ4n) is 3.88. The zero-order valence-electron chi connectivity index (χ0n) is 17.0. The van der Waals surface area contributed by atoms with Crippen LogP contribution in [-0.4, -0.2) is 11.1 Å². The monoisotopic (exact) mass is 471 g/mol. The number of carbonyl (C=O) groups excluding carboxylic acids is 2. The number of nitrogens with zero attached hydrogens (tertiary/aromatic N) is 1. The molecule has 0 aromatic heterocycles. The summed E-state index contributed by atoms with van der Waals surface area (Å²) in [5, 5.41) is 0.201. The minimum Gasteiger partial charge on any atom is -0.489 e. The molecule has 1 amide bonds. The predicted octanol–water partition coefficient (Wildman–Crippen LogP) is 6.31. The van der Waals surface area contributed by atoms with E-state index >= 15 is 0 Å². The Bertz CT molecular complexity index is 1100. The van der Waals surface area contributed by atoms with Gasteiger partial charge in [0.25, 0.3) is 0 Å². The van der Waals surface area contributed by atoms with Gasteiger partial charge in [0, 0.05) is 17.1 Å². The molecule has 4 rings (SSSR count). The molecule has 0 bridgehead atoms. The molecule has 32 heavy (non-hydrogen) atoms. The number of halogens is 3. The van der Waals surface area contributed by atoms with E-state index in [9.17, 15) is 14.0 Å². The molecule has 0 N–H and O–H groups in total. The first-order valence-electron chi connectivity index (χ1n) is 10.2. The van der Waals surface area contributed by atoms with Gasteiger partial charge in [0.15, 0.2) is 0 Å². The van der Waals surface area contributed by atoms with Crippen LogP contribution in [0.5, 0.6) is 5.75 Å². The molecule has 4 nitrogen and oxygen atoms in total. The zero-order valence-corrected chi connectivity index (χ0v) is 18.5. The van der Waals surface area contributed by atoms with Gasteiger partial charge in [-0.15, -0.1) is 0 Å². The van der Waals surface area contributed by atoms with Crippen LogP contribution in [-0.2, 0) is 16.2 Å². The molecule has 3 aromatic carbocycles. The van der Waals surface area contributed by atoms with Gasteiger partial charge in [0.1, 0.15) is 18.2 Å². The number of β-lactam (4-membered cyclic amide) rings is 1. The van der Waals surface area contributed by atoms with Crippen molar-refractivity contribution in [3.63, 3.8) is 0 Å². The van der Waals surface area contributed by atoms with Crippen molar-refractivity contribution in [3.8, 4) is 5.75 Å². The van der Waals surface area contributed by atoms with Crippen LogP contribution in [0.2, 0.25) is 5.02 Å². The normalized spacial score (nSPS) is 17.7. The summed E-state index contributed by atoms with van der Waals surface area (Å²) in [4.78, 5) is 25.7. The molecule has 3 aromatic rings. The molecule has 1 heterocycles. The van der Waals surface area contributed by atoms with E-state index in [1.165, 1.54) is 12.1 Å². The SMILES string of the molecule is O=C(Cl)CCC1C(=O)N(c2ccc(F)cc2)C1c1ccc(OCc2ccc(Cl)cc2)cc1. The summed E-state index contributed by atoms with van der Waals surface area (Å²) in [5.41, 5.74) is 2.51. The predicted molar refractivity (Wildman–Crippen MR) is 122 cm³/mol. The number of hydrogen-bond donors (Lipinski definition) is 0. The molecule has 1 saturated heterocycles. The van der Waals surface area contributed by atoms with Crippen molar-refractivity contribution >= 4 is 40.0 Å². The maximum absolute atomic E-state index is 13.4. The number of carbonyl (C=O) groups is 2. The Labute approximate surface area is 195 Å². The minimum absolute atomic E-state index is 0.109. The number of benzene rings is 3. The highest BCUT2D eigenvalue weighted by Gasteiger charge is 2.48. The third-order valence-corrected chi connectivity index (χ3v) is 5.95. The van der Waals surface area contributed by atoms with E-state index in [0.29, 0.717) is 29.5 Å². The summed E-state index contributed by atoms with van der Waals surface area (Å²) >= 11 is 11.4. The van der Waals surface area contributed by atoms with E-state index in [4.69, 9.17) is 27.9 Å². The van der Waals surface area contributed by atoms with Gasteiger partial charge in [-0.1, -0.05) is 35.9 Å². The van der Waals surface area contributed by atoms with Gasteiger partial charge in [0.2, 0.25) is 11.1 Å². The maximum atomic E-state index is 13.4. The molecule has 1 aliphatic heterocycles. The summed E-state index contributed by atoms with van der Waals surface area (Å²) in [5.74, 6) is -0.161. The third kappa shape index (κ3) is 4.95. The highest BCUT2D eigenvalue weighted by Crippen LogP contribution is 2.45. The molecule has 164 valence electrons. The van der Waals surface area contributed by atoms with E-state index in [1.807, 2.05) is 48.5 Å². The lowest BCUT2D eigenvalue weighted by atomic mass is 9.79. The van der Waals surface area contributed by atoms with Gasteiger partial charge in [0.05, 0.1) is 12.0 Å². The smallest absolute Gasteiger partial charge is 0.233 e. The van der Waals surface area contributed by atoms with Crippen molar-refractivity contribution in [2.24, 2.45) is 5.92 Å². The molecule has 0 saturated carbocycles. The first-order valence-corrected chi connectivity index (χ1v) is 10.9. The van der Waals surface area contributed by atoms with Gasteiger partial charge in [-0.25, -0.2) is 4.39 Å².